The molecule has 0 radical (unpaired) electrons. The summed E-state index contributed by atoms with van der Waals surface area (Å²) < 4.78 is 4.93. The van der Waals surface area contributed by atoms with Gasteiger partial charge in [0.2, 0.25) is 0 Å². The van der Waals surface area contributed by atoms with E-state index in [0.29, 0.717) is 17.7 Å². The van der Waals surface area contributed by atoms with Crippen molar-refractivity contribution in [1.82, 2.24) is 0 Å². The molecule has 5 heteroatoms. The minimum Gasteiger partial charge on any atom is -0.478 e. The van der Waals surface area contributed by atoms with Crippen LogP contribution in [-0.2, 0) is 9.53 Å². The largest absolute Gasteiger partial charge is 0.478 e. The SMILES string of the molecule is CCOC(=O)c1ccc(-c2ccc(C(=O)C=CC(=O)O)cc2)cc1. The van der Waals surface area contributed by atoms with Crippen LogP contribution in [0.5, 0.6) is 0 Å². The molecule has 0 saturated carbocycles. The van der Waals surface area contributed by atoms with Crippen molar-refractivity contribution in [2.45, 2.75) is 6.92 Å². The topological polar surface area (TPSA) is 80.7 Å². The van der Waals surface area contributed by atoms with Gasteiger partial charge in [-0.25, -0.2) is 9.59 Å². The minimum absolute atomic E-state index is 0.326. The van der Waals surface area contributed by atoms with Gasteiger partial charge in [-0.15, -0.1) is 0 Å². The van der Waals surface area contributed by atoms with Crippen LogP contribution >= 0.6 is 0 Å². The number of benzene rings is 2. The highest BCUT2D eigenvalue weighted by Gasteiger charge is 2.07. The molecule has 0 aliphatic heterocycles. The summed E-state index contributed by atoms with van der Waals surface area (Å²) in [7, 11) is 0. The summed E-state index contributed by atoms with van der Waals surface area (Å²) in [5.41, 5.74) is 2.65. The van der Waals surface area contributed by atoms with Crippen LogP contribution in [0.1, 0.15) is 27.6 Å². The first-order valence-electron chi connectivity index (χ1n) is 7.34. The van der Waals surface area contributed by atoms with E-state index in [9.17, 15) is 14.4 Å². The molecule has 2 aromatic carbocycles. The van der Waals surface area contributed by atoms with Crippen molar-refractivity contribution < 1.29 is 24.2 Å². The van der Waals surface area contributed by atoms with E-state index in [1.165, 1.54) is 0 Å². The number of esters is 1. The molecule has 0 aliphatic carbocycles. The third-order valence-corrected chi connectivity index (χ3v) is 3.28. The lowest BCUT2D eigenvalue weighted by atomic mass is 10.0. The molecule has 24 heavy (non-hydrogen) atoms. The number of carbonyl (C=O) groups is 3. The molecule has 0 unspecified atom stereocenters. The fourth-order valence-corrected chi connectivity index (χ4v) is 2.08. The number of aliphatic carboxylic acids is 1. The molecule has 0 saturated heterocycles. The zero-order valence-corrected chi connectivity index (χ0v) is 13.1. The van der Waals surface area contributed by atoms with Crippen LogP contribution in [0.3, 0.4) is 0 Å². The van der Waals surface area contributed by atoms with Gasteiger partial charge in [-0.1, -0.05) is 36.4 Å². The predicted molar refractivity (Wildman–Crippen MR) is 88.9 cm³/mol. The molecule has 1 N–H and O–H groups in total. The summed E-state index contributed by atoms with van der Waals surface area (Å²) in [4.78, 5) is 33.8. The van der Waals surface area contributed by atoms with Crippen molar-refractivity contribution in [1.29, 1.82) is 0 Å². The van der Waals surface area contributed by atoms with Gasteiger partial charge in [-0.05, 0) is 36.3 Å². The number of rotatable bonds is 6. The smallest absolute Gasteiger partial charge is 0.338 e. The van der Waals surface area contributed by atoms with Gasteiger partial charge in [0.05, 0.1) is 12.2 Å². The Bertz CT molecular complexity index is 770. The molecular weight excluding hydrogens is 308 g/mol. The van der Waals surface area contributed by atoms with Crippen LogP contribution in [0.4, 0.5) is 0 Å². The van der Waals surface area contributed by atoms with Crippen molar-refractivity contribution >= 4 is 17.7 Å². The van der Waals surface area contributed by atoms with E-state index in [0.717, 1.165) is 23.3 Å². The number of carboxylic acids is 1. The number of carboxylic acid groups (broad SMARTS) is 1. The van der Waals surface area contributed by atoms with E-state index in [4.69, 9.17) is 9.84 Å². The standard InChI is InChI=1S/C19H16O5/c1-2-24-19(23)16-9-5-14(6-10-16)13-3-7-15(8-4-13)17(20)11-12-18(21)22/h3-12H,2H2,1H3,(H,21,22). The van der Waals surface area contributed by atoms with Crippen molar-refractivity contribution in [2.24, 2.45) is 0 Å². The lowest BCUT2D eigenvalue weighted by molar-refractivity contribution is -0.131. The van der Waals surface area contributed by atoms with Gasteiger partial charge in [-0.3, -0.25) is 4.79 Å². The maximum absolute atomic E-state index is 11.8. The van der Waals surface area contributed by atoms with E-state index in [1.54, 1.807) is 55.5 Å². The molecule has 0 atom stereocenters. The summed E-state index contributed by atoms with van der Waals surface area (Å²) in [5.74, 6) is -1.90. The van der Waals surface area contributed by atoms with Crippen molar-refractivity contribution in [2.75, 3.05) is 6.61 Å². The van der Waals surface area contributed by atoms with Crippen molar-refractivity contribution in [3.8, 4) is 11.1 Å². The monoisotopic (exact) mass is 324 g/mol. The summed E-state index contributed by atoms with van der Waals surface area (Å²) in [5, 5.41) is 8.53. The van der Waals surface area contributed by atoms with Gasteiger partial charge in [0.1, 0.15) is 0 Å². The van der Waals surface area contributed by atoms with Crippen LogP contribution in [0, 0.1) is 0 Å². The fraction of sp³-hybridized carbons (Fsp3) is 0.105. The quantitative estimate of drug-likeness (QED) is 0.500. The second-order valence-corrected chi connectivity index (χ2v) is 4.91. The van der Waals surface area contributed by atoms with Crippen LogP contribution in [0.2, 0.25) is 0 Å². The molecular formula is C19H16O5. The van der Waals surface area contributed by atoms with Crippen LogP contribution < -0.4 is 0 Å². The molecule has 122 valence electrons. The van der Waals surface area contributed by atoms with Gasteiger partial charge in [-0.2, -0.15) is 0 Å². The number of allylic oxidation sites excluding steroid dienone is 1. The van der Waals surface area contributed by atoms with E-state index in [-0.39, 0.29) is 11.8 Å². The Balaban J connectivity index is 2.14. The Morgan fingerprint density at radius 3 is 1.83 bits per heavy atom. The Hall–Kier alpha value is -3.21. The molecule has 0 fully saturated rings. The van der Waals surface area contributed by atoms with Crippen LogP contribution in [-0.4, -0.2) is 29.4 Å². The average Bonchev–Trinajstić information content (AvgIpc) is 2.60. The zero-order valence-electron chi connectivity index (χ0n) is 13.1. The van der Waals surface area contributed by atoms with Gasteiger partial charge in [0, 0.05) is 11.6 Å². The maximum atomic E-state index is 11.8. The first-order chi connectivity index (χ1) is 11.5. The summed E-state index contributed by atoms with van der Waals surface area (Å²) >= 11 is 0. The third-order valence-electron chi connectivity index (χ3n) is 3.28. The minimum atomic E-state index is -1.17. The molecule has 0 spiro atoms. The molecule has 5 nitrogen and oxygen atoms in total. The number of carbonyl (C=O) groups excluding carboxylic acids is 2. The molecule has 0 bridgehead atoms. The molecule has 2 rings (SSSR count). The highest BCUT2D eigenvalue weighted by molar-refractivity contribution is 6.07. The third kappa shape index (κ3) is 4.39. The highest BCUT2D eigenvalue weighted by Crippen LogP contribution is 2.21. The Labute approximate surface area is 139 Å². The van der Waals surface area contributed by atoms with E-state index >= 15 is 0 Å². The first-order valence-corrected chi connectivity index (χ1v) is 7.34. The number of hydrogen-bond acceptors (Lipinski definition) is 4. The number of hydrogen-bond donors (Lipinski definition) is 1. The number of ether oxygens (including phenoxy) is 1. The maximum Gasteiger partial charge on any atom is 0.338 e. The zero-order chi connectivity index (χ0) is 17.5. The molecule has 0 aliphatic rings. The first kappa shape index (κ1) is 17.1. The average molecular weight is 324 g/mol. The summed E-state index contributed by atoms with van der Waals surface area (Å²) in [6, 6.07) is 13.7. The van der Waals surface area contributed by atoms with Crippen molar-refractivity contribution in [3.05, 3.63) is 71.8 Å². The van der Waals surface area contributed by atoms with E-state index in [2.05, 4.69) is 0 Å². The molecule has 0 aromatic heterocycles. The Kier molecular flexibility index (Phi) is 5.63. The number of ketones is 1. The summed E-state index contributed by atoms with van der Waals surface area (Å²) in [6.45, 7) is 2.08. The molecule has 0 heterocycles. The molecule has 0 amide bonds. The van der Waals surface area contributed by atoms with Crippen LogP contribution in [0.25, 0.3) is 11.1 Å². The van der Waals surface area contributed by atoms with Gasteiger partial charge < -0.3 is 9.84 Å². The van der Waals surface area contributed by atoms with Gasteiger partial charge in [0.25, 0.3) is 0 Å². The van der Waals surface area contributed by atoms with Gasteiger partial charge in [0.15, 0.2) is 5.78 Å². The van der Waals surface area contributed by atoms with E-state index in [1.807, 2.05) is 0 Å². The van der Waals surface area contributed by atoms with Crippen LogP contribution in [0.15, 0.2) is 60.7 Å². The normalized spacial score (nSPS) is 10.5. The van der Waals surface area contributed by atoms with E-state index < -0.39 is 5.97 Å². The second kappa shape index (κ2) is 7.87. The predicted octanol–water partition coefficient (Wildman–Crippen LogP) is 3.35. The lowest BCUT2D eigenvalue weighted by Gasteiger charge is -2.05. The summed E-state index contributed by atoms with van der Waals surface area (Å²) in [6.07, 6.45) is 1.83. The molecule has 2 aromatic rings. The highest BCUT2D eigenvalue weighted by atomic mass is 16.5. The van der Waals surface area contributed by atoms with Crippen molar-refractivity contribution in [3.63, 3.8) is 0 Å². The fourth-order valence-electron chi connectivity index (χ4n) is 2.08. The second-order valence-electron chi connectivity index (χ2n) is 4.91. The van der Waals surface area contributed by atoms with Gasteiger partial charge >= 0.3 is 11.9 Å². The lowest BCUT2D eigenvalue weighted by Crippen LogP contribution is -2.04. The Morgan fingerprint density at radius 2 is 1.38 bits per heavy atom. The Morgan fingerprint density at radius 1 is 0.875 bits per heavy atom.